The van der Waals surface area contributed by atoms with Crippen molar-refractivity contribution in [3.05, 3.63) is 0 Å². The maximum Gasteiger partial charge on any atom is 0.408 e. The van der Waals surface area contributed by atoms with Crippen molar-refractivity contribution in [2.45, 2.75) is 70.6 Å². The number of amides is 2. The molecule has 2 amide bonds. The van der Waals surface area contributed by atoms with E-state index in [0.29, 0.717) is 25.9 Å². The maximum atomic E-state index is 12.7. The number of carbonyl (C=O) groups excluding carboxylic acids is 2. The van der Waals surface area contributed by atoms with Gasteiger partial charge in [-0.1, -0.05) is 0 Å². The molecule has 0 spiro atoms. The van der Waals surface area contributed by atoms with Gasteiger partial charge in [-0.25, -0.2) is 4.79 Å². The first kappa shape index (κ1) is 19.2. The van der Waals surface area contributed by atoms with Gasteiger partial charge in [0.05, 0.1) is 6.07 Å². The molecule has 2 atom stereocenters. The highest BCUT2D eigenvalue weighted by atomic mass is 16.6. The maximum absolute atomic E-state index is 12.7. The number of nitrogens with two attached hydrogens (primary N) is 1. The normalized spacial score (nSPS) is 19.1. The fraction of sp³-hybridized carbons (Fsp3) is 0.812. The zero-order valence-electron chi connectivity index (χ0n) is 14.3. The predicted molar refractivity (Wildman–Crippen MR) is 86.4 cm³/mol. The second-order valence-corrected chi connectivity index (χ2v) is 6.80. The topological polar surface area (TPSA) is 108 Å². The standard InChI is InChI=1S/C16H28N4O3/c1-16(2,3)23-15(22)19-13(8-4-5-9-17)14(21)20-10-6-7-12(20)11-18/h12-13H,4-10,17H2,1-3H3,(H,19,22)/t12-,13-/m0/s1. The number of nitrogens with one attached hydrogen (secondary N) is 1. The van der Waals surface area contributed by atoms with Crippen LogP contribution in [0.5, 0.6) is 0 Å². The van der Waals surface area contributed by atoms with E-state index in [1.807, 2.05) is 0 Å². The van der Waals surface area contributed by atoms with Gasteiger partial charge >= 0.3 is 6.09 Å². The Morgan fingerprint density at radius 1 is 1.43 bits per heavy atom. The third-order valence-electron chi connectivity index (χ3n) is 3.62. The average Bonchev–Trinajstić information content (AvgIpc) is 2.92. The van der Waals surface area contributed by atoms with Gasteiger partial charge in [0.2, 0.25) is 5.91 Å². The van der Waals surface area contributed by atoms with Crippen LogP contribution in [-0.2, 0) is 9.53 Å². The molecule has 1 aliphatic rings. The summed E-state index contributed by atoms with van der Waals surface area (Å²) < 4.78 is 5.23. The average molecular weight is 324 g/mol. The van der Waals surface area contributed by atoms with Crippen molar-refractivity contribution in [3.63, 3.8) is 0 Å². The van der Waals surface area contributed by atoms with Crippen LogP contribution in [0.2, 0.25) is 0 Å². The quantitative estimate of drug-likeness (QED) is 0.720. The highest BCUT2D eigenvalue weighted by molar-refractivity contribution is 5.86. The third kappa shape index (κ3) is 6.45. The molecule has 1 aliphatic heterocycles. The van der Waals surface area contributed by atoms with Crippen molar-refractivity contribution >= 4 is 12.0 Å². The molecule has 7 heteroatoms. The molecule has 130 valence electrons. The smallest absolute Gasteiger partial charge is 0.408 e. The molecular formula is C16H28N4O3. The van der Waals surface area contributed by atoms with E-state index in [4.69, 9.17) is 15.7 Å². The SMILES string of the molecule is CC(C)(C)OC(=O)N[C@@H](CCCCN)C(=O)N1CCC[C@H]1C#N. The molecule has 1 saturated heterocycles. The Morgan fingerprint density at radius 2 is 2.13 bits per heavy atom. The number of ether oxygens (including phenoxy) is 1. The summed E-state index contributed by atoms with van der Waals surface area (Å²) in [5.74, 6) is -0.211. The molecule has 0 aliphatic carbocycles. The largest absolute Gasteiger partial charge is 0.444 e. The number of unbranched alkanes of at least 4 members (excludes halogenated alkanes) is 1. The Kier molecular flexibility index (Phi) is 7.30. The molecule has 0 unspecified atom stereocenters. The van der Waals surface area contributed by atoms with E-state index in [2.05, 4.69) is 11.4 Å². The molecule has 3 N–H and O–H groups in total. The summed E-state index contributed by atoms with van der Waals surface area (Å²) >= 11 is 0. The van der Waals surface area contributed by atoms with E-state index in [1.54, 1.807) is 25.7 Å². The number of alkyl carbamates (subject to hydrolysis) is 1. The van der Waals surface area contributed by atoms with Crippen molar-refractivity contribution < 1.29 is 14.3 Å². The van der Waals surface area contributed by atoms with Crippen LogP contribution in [0.4, 0.5) is 4.79 Å². The van der Waals surface area contributed by atoms with Gasteiger partial charge in [-0.15, -0.1) is 0 Å². The Bertz CT molecular complexity index is 453. The van der Waals surface area contributed by atoms with Crippen molar-refractivity contribution in [1.82, 2.24) is 10.2 Å². The van der Waals surface area contributed by atoms with E-state index < -0.39 is 23.8 Å². The lowest BCUT2D eigenvalue weighted by molar-refractivity contribution is -0.133. The number of likely N-dealkylation sites (tertiary alicyclic amines) is 1. The predicted octanol–water partition coefficient (Wildman–Crippen LogP) is 1.52. The van der Waals surface area contributed by atoms with Crippen LogP contribution in [-0.4, -0.2) is 47.7 Å². The summed E-state index contributed by atoms with van der Waals surface area (Å²) in [5, 5.41) is 11.8. The first-order valence-corrected chi connectivity index (χ1v) is 8.18. The van der Waals surface area contributed by atoms with Crippen molar-refractivity contribution in [1.29, 1.82) is 5.26 Å². The first-order chi connectivity index (χ1) is 10.8. The van der Waals surface area contributed by atoms with Crippen molar-refractivity contribution in [3.8, 4) is 6.07 Å². The molecule has 1 rings (SSSR count). The van der Waals surface area contributed by atoms with Gasteiger partial charge in [0.15, 0.2) is 0 Å². The Balaban J connectivity index is 2.73. The van der Waals surface area contributed by atoms with Gasteiger partial charge in [-0.3, -0.25) is 4.79 Å². The van der Waals surface area contributed by atoms with Crippen LogP contribution in [0.1, 0.15) is 52.9 Å². The van der Waals surface area contributed by atoms with Crippen LogP contribution in [0.15, 0.2) is 0 Å². The molecule has 1 fully saturated rings. The molecule has 0 radical (unpaired) electrons. The third-order valence-corrected chi connectivity index (χ3v) is 3.62. The lowest BCUT2D eigenvalue weighted by Gasteiger charge is -2.27. The number of nitriles is 1. The summed E-state index contributed by atoms with van der Waals surface area (Å²) in [7, 11) is 0. The summed E-state index contributed by atoms with van der Waals surface area (Å²) in [6, 6.07) is 1.07. The highest BCUT2D eigenvalue weighted by Crippen LogP contribution is 2.19. The minimum atomic E-state index is -0.676. The molecular weight excluding hydrogens is 296 g/mol. The number of carbonyl (C=O) groups is 2. The van der Waals surface area contributed by atoms with Crippen LogP contribution >= 0.6 is 0 Å². The van der Waals surface area contributed by atoms with Crippen LogP contribution < -0.4 is 11.1 Å². The summed E-state index contributed by atoms with van der Waals surface area (Å²) in [5.41, 5.74) is 4.86. The molecule has 1 heterocycles. The number of hydrogen-bond donors (Lipinski definition) is 2. The van der Waals surface area contributed by atoms with Crippen molar-refractivity contribution in [2.24, 2.45) is 5.73 Å². The van der Waals surface area contributed by atoms with Gasteiger partial charge in [0.1, 0.15) is 17.7 Å². The lowest BCUT2D eigenvalue weighted by Crippen LogP contribution is -2.50. The Hall–Kier alpha value is -1.81. The second-order valence-electron chi connectivity index (χ2n) is 6.80. The molecule has 0 saturated carbocycles. The van der Waals surface area contributed by atoms with E-state index in [1.165, 1.54) is 0 Å². The van der Waals surface area contributed by atoms with Gasteiger partial charge in [0.25, 0.3) is 0 Å². The minimum absolute atomic E-state index is 0.211. The lowest BCUT2D eigenvalue weighted by atomic mass is 10.1. The van der Waals surface area contributed by atoms with Crippen LogP contribution in [0.3, 0.4) is 0 Å². The van der Waals surface area contributed by atoms with E-state index in [9.17, 15) is 9.59 Å². The van der Waals surface area contributed by atoms with Gasteiger partial charge in [0, 0.05) is 6.54 Å². The van der Waals surface area contributed by atoms with Gasteiger partial charge < -0.3 is 20.7 Å². The van der Waals surface area contributed by atoms with E-state index >= 15 is 0 Å². The summed E-state index contributed by atoms with van der Waals surface area (Å²) in [4.78, 5) is 26.2. The van der Waals surface area contributed by atoms with E-state index in [-0.39, 0.29) is 5.91 Å². The van der Waals surface area contributed by atoms with Crippen molar-refractivity contribution in [2.75, 3.05) is 13.1 Å². The monoisotopic (exact) mass is 324 g/mol. The first-order valence-electron chi connectivity index (χ1n) is 8.18. The second kappa shape index (κ2) is 8.73. The minimum Gasteiger partial charge on any atom is -0.444 e. The number of rotatable bonds is 6. The Morgan fingerprint density at radius 3 is 2.70 bits per heavy atom. The van der Waals surface area contributed by atoms with E-state index in [0.717, 1.165) is 19.3 Å². The molecule has 7 nitrogen and oxygen atoms in total. The molecule has 0 aromatic heterocycles. The zero-order valence-corrected chi connectivity index (χ0v) is 14.3. The molecule has 0 bridgehead atoms. The molecule has 0 aromatic rings. The number of hydrogen-bond acceptors (Lipinski definition) is 5. The number of nitrogens with zero attached hydrogens (tertiary/aromatic N) is 2. The van der Waals surface area contributed by atoms with Crippen LogP contribution in [0, 0.1) is 11.3 Å². The molecule has 23 heavy (non-hydrogen) atoms. The Labute approximate surface area is 138 Å². The zero-order chi connectivity index (χ0) is 17.5. The molecule has 0 aromatic carbocycles. The summed E-state index contributed by atoms with van der Waals surface area (Å²) in [6.45, 7) is 6.40. The van der Waals surface area contributed by atoms with Crippen LogP contribution in [0.25, 0.3) is 0 Å². The van der Waals surface area contributed by atoms with Gasteiger partial charge in [-0.2, -0.15) is 5.26 Å². The summed E-state index contributed by atoms with van der Waals surface area (Å²) in [6.07, 6.45) is 2.88. The fourth-order valence-corrected chi connectivity index (χ4v) is 2.56. The fourth-order valence-electron chi connectivity index (χ4n) is 2.56. The van der Waals surface area contributed by atoms with Gasteiger partial charge in [-0.05, 0) is 59.4 Å². The highest BCUT2D eigenvalue weighted by Gasteiger charge is 2.34.